The van der Waals surface area contributed by atoms with Crippen LogP contribution in [0.5, 0.6) is 0 Å². The van der Waals surface area contributed by atoms with Gasteiger partial charge in [0.25, 0.3) is 0 Å². The first-order chi connectivity index (χ1) is 8.06. The molecule has 1 aliphatic rings. The maximum atomic E-state index is 11.7. The minimum atomic E-state index is 0.0407. The maximum Gasteiger partial charge on any atom is 0.317 e. The number of halogens is 1. The number of carbonyl (C=O) groups is 1. The molecule has 17 heavy (non-hydrogen) atoms. The summed E-state index contributed by atoms with van der Waals surface area (Å²) in [7, 11) is 0. The van der Waals surface area contributed by atoms with E-state index in [-0.39, 0.29) is 18.1 Å². The number of nitrogens with zero attached hydrogens (tertiary/aromatic N) is 1. The van der Waals surface area contributed by atoms with E-state index in [1.165, 1.54) is 5.56 Å². The Bertz CT molecular complexity index is 402. The Kier molecular flexibility index (Phi) is 3.57. The third-order valence-corrected chi connectivity index (χ3v) is 3.28. The van der Waals surface area contributed by atoms with Crippen LogP contribution in [0.2, 0.25) is 5.02 Å². The van der Waals surface area contributed by atoms with Crippen molar-refractivity contribution in [1.29, 1.82) is 0 Å². The molecular weight excluding hydrogens is 236 g/mol. The van der Waals surface area contributed by atoms with E-state index in [1.54, 1.807) is 0 Å². The summed E-state index contributed by atoms with van der Waals surface area (Å²) >= 11 is 5.84. The molecule has 2 amide bonds. The number of carbonyl (C=O) groups excluding carboxylic acids is 1. The third kappa shape index (κ3) is 2.91. The third-order valence-electron chi connectivity index (χ3n) is 3.02. The van der Waals surface area contributed by atoms with Crippen molar-refractivity contribution < 1.29 is 4.79 Å². The fraction of sp³-hybridized carbons (Fsp3) is 0.462. The second-order valence-corrected chi connectivity index (χ2v) is 5.16. The predicted molar refractivity (Wildman–Crippen MR) is 69.3 cm³/mol. The first kappa shape index (κ1) is 12.2. The summed E-state index contributed by atoms with van der Waals surface area (Å²) in [6.45, 7) is 4.84. The number of hydrogen-bond acceptors (Lipinski definition) is 1. The molecule has 1 N–H and O–H groups in total. The van der Waals surface area contributed by atoms with E-state index in [1.807, 2.05) is 43.0 Å². The topological polar surface area (TPSA) is 32.3 Å². The van der Waals surface area contributed by atoms with Crippen LogP contribution in [0.4, 0.5) is 4.79 Å². The zero-order valence-corrected chi connectivity index (χ0v) is 10.9. The van der Waals surface area contributed by atoms with Crippen molar-refractivity contribution in [1.82, 2.24) is 10.2 Å². The van der Waals surface area contributed by atoms with Gasteiger partial charge in [-0.05, 0) is 38.0 Å². The monoisotopic (exact) mass is 252 g/mol. The maximum absolute atomic E-state index is 11.7. The van der Waals surface area contributed by atoms with Crippen LogP contribution >= 0.6 is 11.6 Å². The van der Waals surface area contributed by atoms with Gasteiger partial charge in [0.1, 0.15) is 0 Å². The number of amides is 2. The van der Waals surface area contributed by atoms with Crippen LogP contribution in [-0.2, 0) is 6.42 Å². The predicted octanol–water partition coefficient (Wildman–Crippen LogP) is 2.68. The Morgan fingerprint density at radius 1 is 1.41 bits per heavy atom. The van der Waals surface area contributed by atoms with Crippen molar-refractivity contribution in [3.05, 3.63) is 34.9 Å². The van der Waals surface area contributed by atoms with Crippen LogP contribution < -0.4 is 5.32 Å². The van der Waals surface area contributed by atoms with Crippen LogP contribution in [0.3, 0.4) is 0 Å². The van der Waals surface area contributed by atoms with Gasteiger partial charge in [-0.15, -0.1) is 0 Å². The average Bonchev–Trinajstić information content (AvgIpc) is 2.63. The molecule has 2 rings (SSSR count). The zero-order chi connectivity index (χ0) is 12.4. The van der Waals surface area contributed by atoms with E-state index in [0.29, 0.717) is 0 Å². The van der Waals surface area contributed by atoms with E-state index in [9.17, 15) is 4.79 Å². The first-order valence-corrected chi connectivity index (χ1v) is 6.25. The molecule has 1 atom stereocenters. The molecule has 0 aromatic heterocycles. The van der Waals surface area contributed by atoms with Gasteiger partial charge in [-0.2, -0.15) is 0 Å². The highest BCUT2D eigenvalue weighted by molar-refractivity contribution is 6.30. The molecule has 4 heteroatoms. The van der Waals surface area contributed by atoms with Crippen molar-refractivity contribution in [2.24, 2.45) is 0 Å². The lowest BCUT2D eigenvalue weighted by Crippen LogP contribution is -2.33. The van der Waals surface area contributed by atoms with Crippen LogP contribution in [0.25, 0.3) is 0 Å². The Morgan fingerprint density at radius 3 is 2.59 bits per heavy atom. The number of benzene rings is 1. The number of hydrogen-bond donors (Lipinski definition) is 1. The number of rotatable bonds is 3. The van der Waals surface area contributed by atoms with E-state index < -0.39 is 0 Å². The second-order valence-electron chi connectivity index (χ2n) is 4.72. The Labute approximate surface area is 107 Å². The van der Waals surface area contributed by atoms with Crippen LogP contribution in [0.15, 0.2) is 24.3 Å². The molecule has 1 unspecified atom stereocenters. The minimum Gasteiger partial charge on any atom is -0.333 e. The lowest BCUT2D eigenvalue weighted by atomic mass is 10.1. The molecule has 1 saturated heterocycles. The number of nitrogens with one attached hydrogen (secondary N) is 1. The largest absolute Gasteiger partial charge is 0.333 e. The molecule has 0 aliphatic carbocycles. The Balaban J connectivity index is 1.97. The van der Waals surface area contributed by atoms with Gasteiger partial charge in [-0.1, -0.05) is 23.7 Å². The van der Waals surface area contributed by atoms with Gasteiger partial charge in [0.05, 0.1) is 6.04 Å². The SMILES string of the molecule is CC(C)N1CC(Cc2ccc(Cl)cc2)NC1=O. The van der Waals surface area contributed by atoms with Gasteiger partial charge >= 0.3 is 6.03 Å². The summed E-state index contributed by atoms with van der Waals surface area (Å²) in [4.78, 5) is 13.5. The zero-order valence-electron chi connectivity index (χ0n) is 10.1. The molecule has 1 fully saturated rings. The van der Waals surface area contributed by atoms with Gasteiger partial charge in [-0.25, -0.2) is 4.79 Å². The van der Waals surface area contributed by atoms with Gasteiger partial charge in [0.2, 0.25) is 0 Å². The molecule has 1 heterocycles. The summed E-state index contributed by atoms with van der Waals surface area (Å²) < 4.78 is 0. The van der Waals surface area contributed by atoms with Crippen molar-refractivity contribution in [2.45, 2.75) is 32.4 Å². The number of urea groups is 1. The van der Waals surface area contributed by atoms with Gasteiger partial charge in [0.15, 0.2) is 0 Å². The highest BCUT2D eigenvalue weighted by atomic mass is 35.5. The van der Waals surface area contributed by atoms with Crippen LogP contribution in [0.1, 0.15) is 19.4 Å². The first-order valence-electron chi connectivity index (χ1n) is 5.88. The molecule has 1 aromatic carbocycles. The normalized spacial score (nSPS) is 19.9. The molecule has 1 aromatic rings. The molecule has 92 valence electrons. The summed E-state index contributed by atoms with van der Waals surface area (Å²) in [6, 6.07) is 8.27. The molecular formula is C13H17ClN2O. The highest BCUT2D eigenvalue weighted by Gasteiger charge is 2.29. The highest BCUT2D eigenvalue weighted by Crippen LogP contribution is 2.15. The molecule has 0 saturated carbocycles. The smallest absolute Gasteiger partial charge is 0.317 e. The van der Waals surface area contributed by atoms with Gasteiger partial charge < -0.3 is 10.2 Å². The Hall–Kier alpha value is -1.22. The van der Waals surface area contributed by atoms with Crippen molar-refractivity contribution >= 4 is 17.6 Å². The van der Waals surface area contributed by atoms with Gasteiger partial charge in [0, 0.05) is 17.6 Å². The molecule has 0 spiro atoms. The fourth-order valence-corrected chi connectivity index (χ4v) is 2.22. The minimum absolute atomic E-state index is 0.0407. The van der Waals surface area contributed by atoms with Gasteiger partial charge in [-0.3, -0.25) is 0 Å². The summed E-state index contributed by atoms with van der Waals surface area (Å²) in [6.07, 6.45) is 0.853. The Morgan fingerprint density at radius 2 is 2.06 bits per heavy atom. The van der Waals surface area contributed by atoms with Crippen LogP contribution in [-0.4, -0.2) is 29.6 Å². The molecule has 0 bridgehead atoms. The molecule has 3 nitrogen and oxygen atoms in total. The van der Waals surface area contributed by atoms with Crippen molar-refractivity contribution in [3.8, 4) is 0 Å². The van der Waals surface area contributed by atoms with E-state index in [2.05, 4.69) is 5.32 Å². The average molecular weight is 253 g/mol. The van der Waals surface area contributed by atoms with E-state index >= 15 is 0 Å². The van der Waals surface area contributed by atoms with Crippen molar-refractivity contribution in [3.63, 3.8) is 0 Å². The lowest BCUT2D eigenvalue weighted by molar-refractivity contribution is 0.206. The van der Waals surface area contributed by atoms with Crippen LogP contribution in [0, 0.1) is 0 Å². The fourth-order valence-electron chi connectivity index (χ4n) is 2.09. The molecule has 0 radical (unpaired) electrons. The summed E-state index contributed by atoms with van der Waals surface area (Å²) in [5.41, 5.74) is 1.20. The quantitative estimate of drug-likeness (QED) is 0.882. The van der Waals surface area contributed by atoms with E-state index in [0.717, 1.165) is 18.0 Å². The van der Waals surface area contributed by atoms with E-state index in [4.69, 9.17) is 11.6 Å². The standard InChI is InChI=1S/C13H17ClN2O/c1-9(2)16-8-12(15-13(16)17)7-10-3-5-11(14)6-4-10/h3-6,9,12H,7-8H2,1-2H3,(H,15,17). The summed E-state index contributed by atoms with van der Waals surface area (Å²) in [5.74, 6) is 0. The lowest BCUT2D eigenvalue weighted by Gasteiger charge is -2.18. The second kappa shape index (κ2) is 4.96. The summed E-state index contributed by atoms with van der Waals surface area (Å²) in [5, 5.41) is 3.75. The molecule has 1 aliphatic heterocycles. The van der Waals surface area contributed by atoms with Crippen molar-refractivity contribution in [2.75, 3.05) is 6.54 Å².